The van der Waals surface area contributed by atoms with Crippen molar-refractivity contribution >= 4 is 11.9 Å². The second-order valence-corrected chi connectivity index (χ2v) is 6.51. The Morgan fingerprint density at radius 1 is 1.32 bits per heavy atom. The Labute approximate surface area is 147 Å². The zero-order valence-corrected chi connectivity index (χ0v) is 14.2. The molecule has 1 fully saturated rings. The summed E-state index contributed by atoms with van der Waals surface area (Å²) in [6, 6.07) is 7.09. The summed E-state index contributed by atoms with van der Waals surface area (Å²) >= 11 is 0. The molecule has 1 aromatic heterocycles. The molecular formula is C19H23N3O3. The summed E-state index contributed by atoms with van der Waals surface area (Å²) in [6.07, 6.45) is 8.66. The number of rotatable bonds is 6. The van der Waals surface area contributed by atoms with E-state index in [0.717, 1.165) is 37.9 Å². The Kier molecular flexibility index (Phi) is 5.48. The Morgan fingerprint density at radius 2 is 2.20 bits per heavy atom. The van der Waals surface area contributed by atoms with Gasteiger partial charge >= 0.3 is 5.97 Å². The van der Waals surface area contributed by atoms with Crippen LogP contribution in [0.1, 0.15) is 47.5 Å². The number of piperidine rings is 1. The molecule has 1 aliphatic rings. The van der Waals surface area contributed by atoms with Gasteiger partial charge in [-0.05, 0) is 37.0 Å². The van der Waals surface area contributed by atoms with Crippen LogP contribution in [0.15, 0.2) is 43.0 Å². The molecule has 1 atom stereocenters. The van der Waals surface area contributed by atoms with E-state index in [-0.39, 0.29) is 11.8 Å². The highest BCUT2D eigenvalue weighted by molar-refractivity contribution is 5.87. The van der Waals surface area contributed by atoms with Crippen LogP contribution < -0.4 is 0 Å². The lowest BCUT2D eigenvalue weighted by Gasteiger charge is -2.33. The quantitative estimate of drug-likeness (QED) is 0.876. The number of aryl methyl sites for hydroxylation is 1. The molecule has 6 heteroatoms. The fourth-order valence-electron chi connectivity index (χ4n) is 3.39. The zero-order chi connectivity index (χ0) is 17.6. The largest absolute Gasteiger partial charge is 0.478 e. The van der Waals surface area contributed by atoms with Crippen molar-refractivity contribution in [3.63, 3.8) is 0 Å². The van der Waals surface area contributed by atoms with Gasteiger partial charge < -0.3 is 14.6 Å². The number of aromatic nitrogens is 2. The van der Waals surface area contributed by atoms with Gasteiger partial charge in [-0.3, -0.25) is 4.79 Å². The van der Waals surface area contributed by atoms with Crippen LogP contribution in [0.4, 0.5) is 0 Å². The van der Waals surface area contributed by atoms with Crippen LogP contribution in [0, 0.1) is 0 Å². The van der Waals surface area contributed by atoms with Crippen molar-refractivity contribution in [2.45, 2.75) is 38.1 Å². The maximum absolute atomic E-state index is 12.5. The molecule has 1 saturated heterocycles. The average Bonchev–Trinajstić information content (AvgIpc) is 3.15. The molecule has 1 aliphatic heterocycles. The van der Waals surface area contributed by atoms with E-state index < -0.39 is 5.97 Å². The molecule has 0 aliphatic carbocycles. The van der Waals surface area contributed by atoms with Crippen LogP contribution in [-0.4, -0.2) is 44.5 Å². The molecule has 2 aromatic rings. The lowest BCUT2D eigenvalue weighted by atomic mass is 9.89. The van der Waals surface area contributed by atoms with Gasteiger partial charge in [0.2, 0.25) is 5.91 Å². The smallest absolute Gasteiger partial charge is 0.335 e. The van der Waals surface area contributed by atoms with Gasteiger partial charge in [0.1, 0.15) is 0 Å². The van der Waals surface area contributed by atoms with Gasteiger partial charge in [0, 0.05) is 44.4 Å². The molecule has 0 spiro atoms. The molecule has 0 unspecified atom stereocenters. The topological polar surface area (TPSA) is 75.4 Å². The van der Waals surface area contributed by atoms with Gasteiger partial charge in [-0.25, -0.2) is 9.78 Å². The number of carbonyl (C=O) groups is 2. The first-order chi connectivity index (χ1) is 12.1. The fraction of sp³-hybridized carbons (Fsp3) is 0.421. The van der Waals surface area contributed by atoms with Crippen LogP contribution >= 0.6 is 0 Å². The summed E-state index contributed by atoms with van der Waals surface area (Å²) in [6.45, 7) is 2.26. The molecule has 1 amide bonds. The lowest BCUT2D eigenvalue weighted by molar-refractivity contribution is -0.132. The van der Waals surface area contributed by atoms with E-state index in [1.165, 1.54) is 0 Å². The van der Waals surface area contributed by atoms with Crippen molar-refractivity contribution in [1.29, 1.82) is 0 Å². The molecule has 2 heterocycles. The van der Waals surface area contributed by atoms with E-state index in [2.05, 4.69) is 4.98 Å². The Morgan fingerprint density at radius 3 is 2.96 bits per heavy atom. The number of likely N-dealkylation sites (tertiary alicyclic amines) is 1. The molecule has 25 heavy (non-hydrogen) atoms. The van der Waals surface area contributed by atoms with Gasteiger partial charge in [-0.2, -0.15) is 0 Å². The van der Waals surface area contributed by atoms with Gasteiger partial charge in [0.15, 0.2) is 0 Å². The number of carboxylic acids is 1. The van der Waals surface area contributed by atoms with Crippen LogP contribution in [0.25, 0.3) is 0 Å². The fourth-order valence-corrected chi connectivity index (χ4v) is 3.39. The maximum Gasteiger partial charge on any atom is 0.335 e. The third-order valence-corrected chi connectivity index (χ3v) is 4.75. The first-order valence-electron chi connectivity index (χ1n) is 8.70. The third-order valence-electron chi connectivity index (χ3n) is 4.75. The molecule has 132 valence electrons. The summed E-state index contributed by atoms with van der Waals surface area (Å²) in [7, 11) is 0. The van der Waals surface area contributed by atoms with Gasteiger partial charge in [-0.1, -0.05) is 12.1 Å². The van der Waals surface area contributed by atoms with Crippen molar-refractivity contribution in [3.05, 3.63) is 54.1 Å². The SMILES string of the molecule is O=C(O)c1cccc([C@@H]2CCCN(C(=O)CCCn3ccnc3)C2)c1. The Balaban J connectivity index is 1.56. The Hall–Kier alpha value is -2.63. The van der Waals surface area contributed by atoms with Crippen molar-refractivity contribution < 1.29 is 14.7 Å². The molecule has 0 bridgehead atoms. The number of carbonyl (C=O) groups excluding carboxylic acids is 1. The first-order valence-corrected chi connectivity index (χ1v) is 8.70. The first kappa shape index (κ1) is 17.2. The van der Waals surface area contributed by atoms with Crippen molar-refractivity contribution in [2.24, 2.45) is 0 Å². The minimum atomic E-state index is -0.912. The minimum Gasteiger partial charge on any atom is -0.478 e. The highest BCUT2D eigenvalue weighted by atomic mass is 16.4. The van der Waals surface area contributed by atoms with E-state index in [0.29, 0.717) is 18.5 Å². The third kappa shape index (κ3) is 4.47. The van der Waals surface area contributed by atoms with E-state index in [1.54, 1.807) is 30.7 Å². The van der Waals surface area contributed by atoms with Crippen LogP contribution in [0.5, 0.6) is 0 Å². The highest BCUT2D eigenvalue weighted by Crippen LogP contribution is 2.28. The predicted molar refractivity (Wildman–Crippen MR) is 93.4 cm³/mol. The summed E-state index contributed by atoms with van der Waals surface area (Å²) < 4.78 is 1.98. The number of hydrogen-bond acceptors (Lipinski definition) is 3. The number of hydrogen-bond donors (Lipinski definition) is 1. The van der Waals surface area contributed by atoms with Crippen LogP contribution in [0.2, 0.25) is 0 Å². The number of amides is 1. The molecule has 0 radical (unpaired) electrons. The standard InChI is InChI=1S/C19H23N3O3/c23-18(7-3-9-21-11-8-20-14-21)22-10-2-6-17(13-22)15-4-1-5-16(12-15)19(24)25/h1,4-5,8,11-12,14,17H,2-3,6-7,9-10,13H2,(H,24,25)/t17-/m1/s1. The molecule has 1 N–H and O–H groups in total. The normalized spacial score (nSPS) is 17.4. The van der Waals surface area contributed by atoms with Gasteiger partial charge in [0.05, 0.1) is 11.9 Å². The van der Waals surface area contributed by atoms with Gasteiger partial charge in [0.25, 0.3) is 0 Å². The summed E-state index contributed by atoms with van der Waals surface area (Å²) in [5.41, 5.74) is 1.32. The monoisotopic (exact) mass is 341 g/mol. The van der Waals surface area contributed by atoms with Crippen molar-refractivity contribution in [3.8, 4) is 0 Å². The number of carboxylic acid groups (broad SMARTS) is 1. The highest BCUT2D eigenvalue weighted by Gasteiger charge is 2.24. The second kappa shape index (κ2) is 7.96. The molecule has 6 nitrogen and oxygen atoms in total. The molecular weight excluding hydrogens is 318 g/mol. The summed E-state index contributed by atoms with van der Waals surface area (Å²) in [4.78, 5) is 29.6. The second-order valence-electron chi connectivity index (χ2n) is 6.51. The van der Waals surface area contributed by atoms with Gasteiger partial charge in [-0.15, -0.1) is 0 Å². The van der Waals surface area contributed by atoms with Crippen molar-refractivity contribution in [2.75, 3.05) is 13.1 Å². The maximum atomic E-state index is 12.5. The van der Waals surface area contributed by atoms with Crippen LogP contribution in [0.3, 0.4) is 0 Å². The molecule has 1 aromatic carbocycles. The van der Waals surface area contributed by atoms with E-state index in [4.69, 9.17) is 5.11 Å². The molecule has 3 rings (SSSR count). The average molecular weight is 341 g/mol. The summed E-state index contributed by atoms with van der Waals surface area (Å²) in [5, 5.41) is 9.15. The predicted octanol–water partition coefficient (Wildman–Crippen LogP) is 2.77. The van der Waals surface area contributed by atoms with Crippen LogP contribution in [-0.2, 0) is 11.3 Å². The van der Waals surface area contributed by atoms with Crippen molar-refractivity contribution in [1.82, 2.24) is 14.5 Å². The number of aromatic carboxylic acids is 1. The van der Waals surface area contributed by atoms with E-state index in [1.807, 2.05) is 21.7 Å². The summed E-state index contributed by atoms with van der Waals surface area (Å²) in [5.74, 6) is -0.519. The zero-order valence-electron chi connectivity index (χ0n) is 14.2. The number of nitrogens with zero attached hydrogens (tertiary/aromatic N) is 3. The minimum absolute atomic E-state index is 0.180. The lowest BCUT2D eigenvalue weighted by Crippen LogP contribution is -2.39. The van der Waals surface area contributed by atoms with E-state index >= 15 is 0 Å². The molecule has 0 saturated carbocycles. The Bertz CT molecular complexity index is 727. The number of imidazole rings is 1. The van der Waals surface area contributed by atoms with E-state index in [9.17, 15) is 9.59 Å². The number of benzene rings is 1.